The fourth-order valence-corrected chi connectivity index (χ4v) is 3.41. The van der Waals surface area contributed by atoms with E-state index in [1.54, 1.807) is 16.7 Å². The summed E-state index contributed by atoms with van der Waals surface area (Å²) in [7, 11) is 0. The molecule has 2 heterocycles. The minimum Gasteiger partial charge on any atom is -0.480 e. The lowest BCUT2D eigenvalue weighted by atomic mass is 10.1. The van der Waals surface area contributed by atoms with Crippen molar-refractivity contribution >= 4 is 23.8 Å². The van der Waals surface area contributed by atoms with Crippen LogP contribution >= 0.6 is 11.8 Å². The van der Waals surface area contributed by atoms with E-state index in [1.165, 1.54) is 4.90 Å². The summed E-state index contributed by atoms with van der Waals surface area (Å²) < 4.78 is 0. The molecule has 2 atom stereocenters. The number of likely N-dealkylation sites (tertiary alicyclic amines) is 1. The van der Waals surface area contributed by atoms with E-state index >= 15 is 0 Å². The van der Waals surface area contributed by atoms with Crippen molar-refractivity contribution in [2.24, 2.45) is 5.92 Å². The van der Waals surface area contributed by atoms with Gasteiger partial charge in [0.25, 0.3) is 0 Å². The predicted octanol–water partition coefficient (Wildman–Crippen LogP) is -0.0774. The lowest BCUT2D eigenvalue weighted by Crippen LogP contribution is -2.54. The predicted molar refractivity (Wildman–Crippen MR) is 67.6 cm³/mol. The van der Waals surface area contributed by atoms with E-state index in [2.05, 4.69) is 0 Å². The van der Waals surface area contributed by atoms with E-state index in [-0.39, 0.29) is 18.6 Å². The average molecular weight is 274 g/mol. The van der Waals surface area contributed by atoms with Crippen LogP contribution in [-0.4, -0.2) is 75.8 Å². The normalized spacial score (nSPS) is 28.5. The molecule has 0 spiro atoms. The highest BCUT2D eigenvalue weighted by atomic mass is 32.2. The molecule has 0 bridgehead atoms. The van der Waals surface area contributed by atoms with E-state index in [4.69, 9.17) is 10.2 Å². The second-order valence-electron chi connectivity index (χ2n) is 4.69. The Morgan fingerprint density at radius 1 is 1.33 bits per heavy atom. The smallest absolute Gasteiger partial charge is 0.327 e. The molecular weight excluding hydrogens is 256 g/mol. The number of aliphatic carboxylic acids is 1. The number of aliphatic hydroxyl groups excluding tert-OH is 1. The molecule has 2 rings (SSSR count). The molecule has 2 aliphatic heterocycles. The van der Waals surface area contributed by atoms with Crippen molar-refractivity contribution in [3.8, 4) is 0 Å². The van der Waals surface area contributed by atoms with Gasteiger partial charge in [-0.2, -0.15) is 11.8 Å². The number of carboxylic acid groups (broad SMARTS) is 1. The van der Waals surface area contributed by atoms with E-state index in [0.29, 0.717) is 25.4 Å². The molecule has 2 saturated heterocycles. The molecule has 0 aromatic heterocycles. The maximum absolute atomic E-state index is 12.3. The first-order chi connectivity index (χ1) is 8.63. The number of carbonyl (C=O) groups excluding carboxylic acids is 1. The summed E-state index contributed by atoms with van der Waals surface area (Å²) in [4.78, 5) is 26.5. The first kappa shape index (κ1) is 13.5. The number of nitrogens with zero attached hydrogens (tertiary/aromatic N) is 2. The third kappa shape index (κ3) is 2.72. The fraction of sp³-hybridized carbons (Fsp3) is 0.818. The van der Waals surface area contributed by atoms with Crippen molar-refractivity contribution in [1.82, 2.24) is 9.80 Å². The van der Waals surface area contributed by atoms with Crippen LogP contribution in [0.25, 0.3) is 0 Å². The Labute approximate surface area is 110 Å². The topological polar surface area (TPSA) is 81.1 Å². The largest absolute Gasteiger partial charge is 0.480 e. The summed E-state index contributed by atoms with van der Waals surface area (Å²) in [6.07, 6.45) is 0.794. The summed E-state index contributed by atoms with van der Waals surface area (Å²) in [5.74, 6) is 0.440. The summed E-state index contributed by atoms with van der Waals surface area (Å²) in [5, 5.41) is 18.2. The molecule has 0 aliphatic carbocycles. The van der Waals surface area contributed by atoms with Crippen LogP contribution in [0.1, 0.15) is 6.42 Å². The Morgan fingerprint density at radius 3 is 2.72 bits per heavy atom. The molecular formula is C11H18N2O4S. The number of hydrogen-bond donors (Lipinski definition) is 2. The van der Waals surface area contributed by atoms with Gasteiger partial charge in [-0.05, 0) is 6.42 Å². The van der Waals surface area contributed by atoms with Crippen molar-refractivity contribution in [3.05, 3.63) is 0 Å². The number of urea groups is 1. The maximum atomic E-state index is 12.3. The number of rotatable bonds is 2. The van der Waals surface area contributed by atoms with Gasteiger partial charge in [-0.3, -0.25) is 0 Å². The second kappa shape index (κ2) is 5.79. The van der Waals surface area contributed by atoms with Crippen molar-refractivity contribution < 1.29 is 19.8 Å². The van der Waals surface area contributed by atoms with Gasteiger partial charge < -0.3 is 20.0 Å². The third-order valence-corrected chi connectivity index (χ3v) is 4.50. The van der Waals surface area contributed by atoms with Gasteiger partial charge in [0, 0.05) is 43.7 Å². The molecule has 2 amide bonds. The Kier molecular flexibility index (Phi) is 4.34. The molecule has 6 nitrogen and oxygen atoms in total. The van der Waals surface area contributed by atoms with Crippen LogP contribution in [0.3, 0.4) is 0 Å². The highest BCUT2D eigenvalue weighted by molar-refractivity contribution is 7.99. The minimum absolute atomic E-state index is 0.0853. The SMILES string of the molecule is O=C(O)C1CSCCN1C(=O)N1CCC(CO)C1. The summed E-state index contributed by atoms with van der Waals surface area (Å²) >= 11 is 1.57. The van der Waals surface area contributed by atoms with Gasteiger partial charge in [0.1, 0.15) is 6.04 Å². The summed E-state index contributed by atoms with van der Waals surface area (Å²) in [6.45, 7) is 1.72. The monoisotopic (exact) mass is 274 g/mol. The molecule has 7 heteroatoms. The lowest BCUT2D eigenvalue weighted by Gasteiger charge is -2.35. The zero-order valence-electron chi connectivity index (χ0n) is 10.1. The van der Waals surface area contributed by atoms with E-state index in [0.717, 1.165) is 12.2 Å². The summed E-state index contributed by atoms with van der Waals surface area (Å²) in [5.41, 5.74) is 0. The third-order valence-electron chi connectivity index (χ3n) is 3.47. The first-order valence-corrected chi connectivity index (χ1v) is 7.26. The molecule has 0 aromatic rings. The Bertz CT molecular complexity index is 339. The Hall–Kier alpha value is -0.950. The molecule has 0 saturated carbocycles. The van der Waals surface area contributed by atoms with Crippen molar-refractivity contribution in [2.45, 2.75) is 12.5 Å². The van der Waals surface area contributed by atoms with Crippen LogP contribution in [-0.2, 0) is 4.79 Å². The Balaban J connectivity index is 2.00. The molecule has 102 valence electrons. The van der Waals surface area contributed by atoms with Gasteiger partial charge in [0.2, 0.25) is 0 Å². The van der Waals surface area contributed by atoms with Crippen LogP contribution in [0.4, 0.5) is 4.79 Å². The molecule has 2 unspecified atom stereocenters. The Morgan fingerprint density at radius 2 is 2.11 bits per heavy atom. The number of carboxylic acids is 1. The number of aliphatic hydroxyl groups is 1. The molecule has 0 radical (unpaired) electrons. The van der Waals surface area contributed by atoms with Crippen LogP contribution in [0.2, 0.25) is 0 Å². The molecule has 2 fully saturated rings. The number of thioether (sulfide) groups is 1. The molecule has 2 aliphatic rings. The van der Waals surface area contributed by atoms with Crippen molar-refractivity contribution in [1.29, 1.82) is 0 Å². The van der Waals surface area contributed by atoms with Gasteiger partial charge in [0.15, 0.2) is 0 Å². The zero-order valence-corrected chi connectivity index (χ0v) is 10.9. The van der Waals surface area contributed by atoms with E-state index < -0.39 is 12.0 Å². The van der Waals surface area contributed by atoms with Crippen molar-refractivity contribution in [2.75, 3.05) is 37.7 Å². The standard InChI is InChI=1S/C11H18N2O4S/c14-6-8-1-2-12(5-8)11(17)13-3-4-18-7-9(13)10(15)16/h8-9,14H,1-7H2,(H,15,16). The van der Waals surface area contributed by atoms with Gasteiger partial charge >= 0.3 is 12.0 Å². The highest BCUT2D eigenvalue weighted by Crippen LogP contribution is 2.22. The van der Waals surface area contributed by atoms with Gasteiger partial charge in [-0.25, -0.2) is 9.59 Å². The zero-order chi connectivity index (χ0) is 13.1. The number of hydrogen-bond acceptors (Lipinski definition) is 4. The van der Waals surface area contributed by atoms with Crippen LogP contribution in [0, 0.1) is 5.92 Å². The quantitative estimate of drug-likeness (QED) is 0.736. The molecule has 0 aromatic carbocycles. The number of amides is 2. The van der Waals surface area contributed by atoms with E-state index in [9.17, 15) is 9.59 Å². The van der Waals surface area contributed by atoms with Crippen LogP contribution < -0.4 is 0 Å². The minimum atomic E-state index is -0.937. The van der Waals surface area contributed by atoms with Gasteiger partial charge in [-0.15, -0.1) is 0 Å². The fourth-order valence-electron chi connectivity index (χ4n) is 2.37. The van der Waals surface area contributed by atoms with Crippen LogP contribution in [0.5, 0.6) is 0 Å². The molecule has 18 heavy (non-hydrogen) atoms. The number of carbonyl (C=O) groups is 2. The van der Waals surface area contributed by atoms with Crippen LogP contribution in [0.15, 0.2) is 0 Å². The summed E-state index contributed by atoms with van der Waals surface area (Å²) in [6, 6.07) is -0.914. The average Bonchev–Trinajstić information content (AvgIpc) is 2.86. The molecule has 2 N–H and O–H groups in total. The highest BCUT2D eigenvalue weighted by Gasteiger charge is 2.36. The van der Waals surface area contributed by atoms with Crippen molar-refractivity contribution in [3.63, 3.8) is 0 Å². The van der Waals surface area contributed by atoms with Gasteiger partial charge in [0.05, 0.1) is 0 Å². The first-order valence-electron chi connectivity index (χ1n) is 6.10. The maximum Gasteiger partial charge on any atom is 0.327 e. The lowest BCUT2D eigenvalue weighted by molar-refractivity contribution is -0.141. The second-order valence-corrected chi connectivity index (χ2v) is 5.84. The van der Waals surface area contributed by atoms with E-state index in [1.807, 2.05) is 0 Å². The van der Waals surface area contributed by atoms with Gasteiger partial charge in [-0.1, -0.05) is 0 Å².